The summed E-state index contributed by atoms with van der Waals surface area (Å²) in [5, 5.41) is 0. The fourth-order valence-corrected chi connectivity index (χ4v) is 2.12. The van der Waals surface area contributed by atoms with E-state index in [1.807, 2.05) is 55.5 Å². The molecule has 0 saturated carbocycles. The van der Waals surface area contributed by atoms with Gasteiger partial charge in [-0.2, -0.15) is 0 Å². The summed E-state index contributed by atoms with van der Waals surface area (Å²) in [5.74, 6) is 1.05. The Morgan fingerprint density at radius 3 is 2.32 bits per heavy atom. The third-order valence-electron chi connectivity index (χ3n) is 3.33. The van der Waals surface area contributed by atoms with Crippen molar-refractivity contribution >= 4 is 5.91 Å². The minimum Gasteiger partial charge on any atom is -0.493 e. The quantitative estimate of drug-likeness (QED) is 0.851. The lowest BCUT2D eigenvalue weighted by Gasteiger charge is -2.23. The van der Waals surface area contributed by atoms with Gasteiger partial charge in [-0.25, -0.2) is 0 Å². The molecule has 0 aliphatic carbocycles. The summed E-state index contributed by atoms with van der Waals surface area (Å²) in [7, 11) is 5.02. The third-order valence-corrected chi connectivity index (χ3v) is 3.33. The zero-order valence-corrected chi connectivity index (χ0v) is 13.4. The average molecular weight is 299 g/mol. The van der Waals surface area contributed by atoms with E-state index in [1.165, 1.54) is 4.90 Å². The normalized spacial score (nSPS) is 11.6. The van der Waals surface area contributed by atoms with E-state index in [0.29, 0.717) is 11.5 Å². The molecule has 2 aromatic carbocycles. The fraction of sp³-hybridized carbons (Fsp3) is 0.278. The first kappa shape index (κ1) is 15.9. The molecule has 1 unspecified atom stereocenters. The predicted octanol–water partition coefficient (Wildman–Crippen LogP) is 3.21. The van der Waals surface area contributed by atoms with Crippen LogP contribution in [0.15, 0.2) is 48.5 Å². The van der Waals surface area contributed by atoms with Crippen LogP contribution in [0.5, 0.6) is 11.5 Å². The Bertz CT molecular complexity index is 638. The summed E-state index contributed by atoms with van der Waals surface area (Å²) in [4.78, 5) is 14.0. The van der Waals surface area contributed by atoms with E-state index in [9.17, 15) is 4.79 Å². The molecular weight excluding hydrogens is 278 g/mol. The Morgan fingerprint density at radius 1 is 1.05 bits per heavy atom. The Kier molecular flexibility index (Phi) is 5.04. The second-order valence-corrected chi connectivity index (χ2v) is 5.30. The van der Waals surface area contributed by atoms with Crippen LogP contribution in [-0.2, 0) is 4.79 Å². The first-order valence-corrected chi connectivity index (χ1v) is 7.10. The highest BCUT2D eigenvalue weighted by atomic mass is 16.5. The summed E-state index contributed by atoms with van der Waals surface area (Å²) in [6.07, 6.45) is -0.701. The third kappa shape index (κ3) is 3.58. The number of methoxy groups -OCH3 is 1. The number of aryl methyl sites for hydroxylation is 1. The van der Waals surface area contributed by atoms with Crippen LogP contribution in [0.1, 0.15) is 17.2 Å². The summed E-state index contributed by atoms with van der Waals surface area (Å²) in [6, 6.07) is 15.1. The number of rotatable bonds is 5. The lowest BCUT2D eigenvalue weighted by molar-refractivity contribution is -0.136. The number of nitrogens with zero attached hydrogens (tertiary/aromatic N) is 1. The van der Waals surface area contributed by atoms with E-state index < -0.39 is 6.10 Å². The fourth-order valence-electron chi connectivity index (χ4n) is 2.12. The minimum atomic E-state index is -0.701. The molecule has 22 heavy (non-hydrogen) atoms. The molecule has 4 nitrogen and oxygen atoms in total. The van der Waals surface area contributed by atoms with Gasteiger partial charge in [0.25, 0.3) is 5.91 Å². The van der Waals surface area contributed by atoms with Gasteiger partial charge < -0.3 is 14.4 Å². The van der Waals surface area contributed by atoms with Crippen molar-refractivity contribution in [3.63, 3.8) is 0 Å². The van der Waals surface area contributed by atoms with Crippen molar-refractivity contribution in [1.29, 1.82) is 0 Å². The van der Waals surface area contributed by atoms with Crippen molar-refractivity contribution in [1.82, 2.24) is 4.90 Å². The van der Waals surface area contributed by atoms with E-state index in [-0.39, 0.29) is 5.91 Å². The molecule has 0 aromatic heterocycles. The summed E-state index contributed by atoms with van der Waals surface area (Å²) >= 11 is 0. The largest absolute Gasteiger partial charge is 0.493 e. The highest BCUT2D eigenvalue weighted by Gasteiger charge is 2.25. The van der Waals surface area contributed by atoms with Crippen LogP contribution in [0.2, 0.25) is 0 Å². The molecule has 0 aliphatic heterocycles. The second kappa shape index (κ2) is 6.98. The van der Waals surface area contributed by atoms with Crippen LogP contribution >= 0.6 is 0 Å². The van der Waals surface area contributed by atoms with Crippen molar-refractivity contribution in [3.8, 4) is 11.5 Å². The van der Waals surface area contributed by atoms with Crippen LogP contribution in [0, 0.1) is 6.92 Å². The van der Waals surface area contributed by atoms with Gasteiger partial charge >= 0.3 is 0 Å². The second-order valence-electron chi connectivity index (χ2n) is 5.30. The first-order valence-electron chi connectivity index (χ1n) is 7.10. The van der Waals surface area contributed by atoms with Crippen LogP contribution in [0.4, 0.5) is 0 Å². The number of benzene rings is 2. The van der Waals surface area contributed by atoms with E-state index in [0.717, 1.165) is 11.1 Å². The molecule has 116 valence electrons. The number of ether oxygens (including phenoxy) is 2. The Balaban J connectivity index is 2.37. The zero-order valence-electron chi connectivity index (χ0n) is 13.4. The highest BCUT2D eigenvalue weighted by molar-refractivity contribution is 5.82. The van der Waals surface area contributed by atoms with E-state index in [1.54, 1.807) is 21.2 Å². The van der Waals surface area contributed by atoms with Crippen molar-refractivity contribution in [2.45, 2.75) is 13.0 Å². The van der Waals surface area contributed by atoms with Crippen molar-refractivity contribution < 1.29 is 14.3 Å². The number of hydrogen-bond donors (Lipinski definition) is 0. The molecule has 0 aliphatic rings. The van der Waals surface area contributed by atoms with Crippen LogP contribution in [0.3, 0.4) is 0 Å². The monoisotopic (exact) mass is 299 g/mol. The number of carbonyl (C=O) groups is 1. The van der Waals surface area contributed by atoms with Gasteiger partial charge in [-0.1, -0.05) is 36.4 Å². The molecule has 1 atom stereocenters. The standard InChI is InChI=1S/C18H21NO3/c1-13-10-11-15(16(12-13)21-4)22-17(18(20)19(2)3)14-8-6-5-7-9-14/h5-12,17H,1-4H3. The van der Waals surface area contributed by atoms with Gasteiger partial charge in [0.15, 0.2) is 11.5 Å². The highest BCUT2D eigenvalue weighted by Crippen LogP contribution is 2.32. The molecule has 0 saturated heterocycles. The minimum absolute atomic E-state index is 0.117. The lowest BCUT2D eigenvalue weighted by atomic mass is 10.1. The molecule has 0 fully saturated rings. The van der Waals surface area contributed by atoms with Gasteiger partial charge in [0.2, 0.25) is 6.10 Å². The number of likely N-dealkylation sites (N-methyl/N-ethyl adjacent to an activating group) is 1. The zero-order chi connectivity index (χ0) is 16.1. The van der Waals surface area contributed by atoms with Crippen molar-refractivity contribution in [3.05, 3.63) is 59.7 Å². The topological polar surface area (TPSA) is 38.8 Å². The Morgan fingerprint density at radius 2 is 1.73 bits per heavy atom. The predicted molar refractivity (Wildman–Crippen MR) is 86.2 cm³/mol. The smallest absolute Gasteiger partial charge is 0.267 e. The molecule has 1 amide bonds. The summed E-state index contributed by atoms with van der Waals surface area (Å²) in [6.45, 7) is 1.98. The van der Waals surface area contributed by atoms with Crippen LogP contribution < -0.4 is 9.47 Å². The molecule has 2 rings (SSSR count). The number of hydrogen-bond acceptors (Lipinski definition) is 3. The maximum Gasteiger partial charge on any atom is 0.267 e. The van der Waals surface area contributed by atoms with Gasteiger partial charge in [0.1, 0.15) is 0 Å². The van der Waals surface area contributed by atoms with Gasteiger partial charge in [0, 0.05) is 19.7 Å². The Hall–Kier alpha value is -2.49. The van der Waals surface area contributed by atoms with Gasteiger partial charge in [-0.05, 0) is 24.6 Å². The molecular formula is C18H21NO3. The number of carbonyl (C=O) groups excluding carboxylic acids is 1. The Labute approximate surface area is 131 Å². The van der Waals surface area contributed by atoms with E-state index in [2.05, 4.69) is 0 Å². The maximum atomic E-state index is 12.5. The van der Waals surface area contributed by atoms with Crippen molar-refractivity contribution in [2.24, 2.45) is 0 Å². The van der Waals surface area contributed by atoms with Gasteiger partial charge in [0.05, 0.1) is 7.11 Å². The van der Waals surface area contributed by atoms with E-state index >= 15 is 0 Å². The van der Waals surface area contributed by atoms with Crippen LogP contribution in [-0.4, -0.2) is 32.0 Å². The molecule has 2 aromatic rings. The first-order chi connectivity index (χ1) is 10.5. The van der Waals surface area contributed by atoms with Gasteiger partial charge in [-0.3, -0.25) is 4.79 Å². The van der Waals surface area contributed by atoms with Crippen molar-refractivity contribution in [2.75, 3.05) is 21.2 Å². The lowest BCUT2D eigenvalue weighted by Crippen LogP contribution is -2.31. The average Bonchev–Trinajstić information content (AvgIpc) is 2.53. The maximum absolute atomic E-state index is 12.5. The molecule has 4 heteroatoms. The van der Waals surface area contributed by atoms with E-state index in [4.69, 9.17) is 9.47 Å². The summed E-state index contributed by atoms with van der Waals surface area (Å²) in [5.41, 5.74) is 1.88. The molecule has 0 heterocycles. The van der Waals surface area contributed by atoms with Crippen LogP contribution in [0.25, 0.3) is 0 Å². The number of amides is 1. The SMILES string of the molecule is COc1cc(C)ccc1OC(C(=O)N(C)C)c1ccccc1. The molecule has 0 bridgehead atoms. The molecule has 0 N–H and O–H groups in total. The van der Waals surface area contributed by atoms with Gasteiger partial charge in [-0.15, -0.1) is 0 Å². The molecule has 0 spiro atoms. The summed E-state index contributed by atoms with van der Waals surface area (Å²) < 4.78 is 11.3. The molecule has 0 radical (unpaired) electrons.